The van der Waals surface area contributed by atoms with Gasteiger partial charge in [0.15, 0.2) is 0 Å². The highest BCUT2D eigenvalue weighted by Crippen LogP contribution is 2.23. The van der Waals surface area contributed by atoms with E-state index in [9.17, 15) is 19.2 Å². The molecule has 27 heavy (non-hydrogen) atoms. The molecule has 1 aromatic rings. The Morgan fingerprint density at radius 2 is 1.89 bits per heavy atom. The minimum absolute atomic E-state index is 0.0504. The number of hydrogen-bond acceptors (Lipinski definition) is 6. The summed E-state index contributed by atoms with van der Waals surface area (Å²) in [6.07, 6.45) is 7.04. The van der Waals surface area contributed by atoms with Crippen LogP contribution in [0, 0.1) is 0 Å². The van der Waals surface area contributed by atoms with E-state index in [1.165, 1.54) is 6.92 Å². The Bertz CT molecular complexity index is 703. The first-order valence-corrected chi connectivity index (χ1v) is 9.22. The van der Waals surface area contributed by atoms with Crippen molar-refractivity contribution >= 4 is 23.6 Å². The predicted molar refractivity (Wildman–Crippen MR) is 96.4 cm³/mol. The van der Waals surface area contributed by atoms with Crippen LogP contribution >= 0.6 is 0 Å². The average molecular weight is 378 g/mol. The SMILES string of the molecule is COC(=O)C(=O)c1coc(CCCNC(C)=O)c1C(=O)NC1CCCCC1. The number of aryl methyl sites for hydroxylation is 1. The van der Waals surface area contributed by atoms with Gasteiger partial charge < -0.3 is 19.8 Å². The lowest BCUT2D eigenvalue weighted by Crippen LogP contribution is -2.37. The number of ether oxygens (including phenoxy) is 1. The lowest BCUT2D eigenvalue weighted by atomic mass is 9.95. The average Bonchev–Trinajstić information content (AvgIpc) is 3.08. The van der Waals surface area contributed by atoms with Gasteiger partial charge in [0.1, 0.15) is 12.0 Å². The van der Waals surface area contributed by atoms with Gasteiger partial charge in [-0.3, -0.25) is 14.4 Å². The Morgan fingerprint density at radius 1 is 1.19 bits per heavy atom. The fourth-order valence-corrected chi connectivity index (χ4v) is 3.22. The van der Waals surface area contributed by atoms with Crippen LogP contribution < -0.4 is 10.6 Å². The number of ketones is 1. The Kier molecular flexibility index (Phi) is 7.57. The van der Waals surface area contributed by atoms with Crippen LogP contribution in [-0.2, 0) is 20.7 Å². The summed E-state index contributed by atoms with van der Waals surface area (Å²) in [6, 6.07) is 0.0504. The van der Waals surface area contributed by atoms with E-state index in [0.717, 1.165) is 45.5 Å². The highest BCUT2D eigenvalue weighted by Gasteiger charge is 2.30. The molecular weight excluding hydrogens is 352 g/mol. The predicted octanol–water partition coefficient (Wildman–Crippen LogP) is 1.77. The van der Waals surface area contributed by atoms with Crippen molar-refractivity contribution in [1.82, 2.24) is 10.6 Å². The van der Waals surface area contributed by atoms with Crippen molar-refractivity contribution in [2.75, 3.05) is 13.7 Å². The summed E-state index contributed by atoms with van der Waals surface area (Å²) in [6.45, 7) is 1.84. The number of amides is 2. The molecule has 1 aliphatic carbocycles. The molecule has 148 valence electrons. The Labute approximate surface area is 158 Å². The minimum atomic E-state index is -1.05. The molecular formula is C19H26N2O6. The van der Waals surface area contributed by atoms with Crippen molar-refractivity contribution in [3.63, 3.8) is 0 Å². The van der Waals surface area contributed by atoms with Crippen molar-refractivity contribution in [3.05, 3.63) is 23.2 Å². The third-order valence-corrected chi connectivity index (χ3v) is 4.60. The van der Waals surface area contributed by atoms with Gasteiger partial charge >= 0.3 is 5.97 Å². The quantitative estimate of drug-likeness (QED) is 0.308. The van der Waals surface area contributed by atoms with E-state index >= 15 is 0 Å². The first-order chi connectivity index (χ1) is 12.9. The summed E-state index contributed by atoms with van der Waals surface area (Å²) in [5.41, 5.74) is -0.0107. The maximum Gasteiger partial charge on any atom is 0.379 e. The molecule has 8 nitrogen and oxygen atoms in total. The number of Topliss-reactive ketones (excluding diaryl/α,β-unsaturated/α-hetero) is 1. The highest BCUT2D eigenvalue weighted by atomic mass is 16.5. The van der Waals surface area contributed by atoms with Gasteiger partial charge in [-0.05, 0) is 19.3 Å². The zero-order valence-corrected chi connectivity index (χ0v) is 15.8. The van der Waals surface area contributed by atoms with Gasteiger partial charge in [-0.15, -0.1) is 0 Å². The Hall–Kier alpha value is -2.64. The maximum absolute atomic E-state index is 12.8. The third kappa shape index (κ3) is 5.67. The van der Waals surface area contributed by atoms with Gasteiger partial charge in [0.05, 0.1) is 18.2 Å². The molecule has 0 radical (unpaired) electrons. The molecule has 1 fully saturated rings. The summed E-state index contributed by atoms with van der Waals surface area (Å²) in [4.78, 5) is 47.7. The van der Waals surface area contributed by atoms with Crippen LogP contribution in [-0.4, -0.2) is 43.3 Å². The Morgan fingerprint density at radius 3 is 2.52 bits per heavy atom. The molecule has 0 unspecified atom stereocenters. The van der Waals surface area contributed by atoms with E-state index in [0.29, 0.717) is 25.1 Å². The number of carbonyl (C=O) groups is 4. The van der Waals surface area contributed by atoms with E-state index in [4.69, 9.17) is 4.42 Å². The van der Waals surface area contributed by atoms with E-state index in [-0.39, 0.29) is 23.1 Å². The summed E-state index contributed by atoms with van der Waals surface area (Å²) < 4.78 is 9.90. The zero-order chi connectivity index (χ0) is 19.8. The molecule has 1 aliphatic rings. The fourth-order valence-electron chi connectivity index (χ4n) is 3.22. The standard InChI is InChI=1S/C19H26N2O6/c1-12(22)20-10-6-9-15-16(14(11-27-15)17(23)19(25)26-2)18(24)21-13-7-4-3-5-8-13/h11,13H,3-10H2,1-2H3,(H,20,22)(H,21,24). The largest absolute Gasteiger partial charge is 0.468 e. The van der Waals surface area contributed by atoms with Crippen LogP contribution in [0.5, 0.6) is 0 Å². The first kappa shape index (κ1) is 20.7. The molecule has 2 amide bonds. The molecule has 2 N–H and O–H groups in total. The summed E-state index contributed by atoms with van der Waals surface area (Å²) in [5, 5.41) is 5.61. The molecule has 0 aliphatic heterocycles. The smallest absolute Gasteiger partial charge is 0.379 e. The fraction of sp³-hybridized carbons (Fsp3) is 0.579. The van der Waals surface area contributed by atoms with Crippen LogP contribution in [0.4, 0.5) is 0 Å². The highest BCUT2D eigenvalue weighted by molar-refractivity contribution is 6.42. The maximum atomic E-state index is 12.8. The number of carbonyl (C=O) groups excluding carboxylic acids is 4. The number of nitrogens with one attached hydrogen (secondary N) is 2. The lowest BCUT2D eigenvalue weighted by molar-refractivity contribution is -0.135. The lowest BCUT2D eigenvalue weighted by Gasteiger charge is -2.22. The molecule has 1 saturated carbocycles. The Balaban J connectivity index is 2.18. The van der Waals surface area contributed by atoms with Gasteiger partial charge in [-0.25, -0.2) is 4.79 Å². The van der Waals surface area contributed by atoms with Crippen LogP contribution in [0.1, 0.15) is 71.9 Å². The molecule has 8 heteroatoms. The summed E-state index contributed by atoms with van der Waals surface area (Å²) in [7, 11) is 1.11. The minimum Gasteiger partial charge on any atom is -0.468 e. The molecule has 0 saturated heterocycles. The van der Waals surface area contributed by atoms with Crippen LogP contribution in [0.25, 0.3) is 0 Å². The number of hydrogen-bond donors (Lipinski definition) is 2. The molecule has 2 rings (SSSR count). The van der Waals surface area contributed by atoms with E-state index in [1.807, 2.05) is 0 Å². The van der Waals surface area contributed by atoms with Crippen LogP contribution in [0.3, 0.4) is 0 Å². The number of methoxy groups -OCH3 is 1. The topological polar surface area (TPSA) is 115 Å². The molecule has 0 spiro atoms. The molecule has 0 bridgehead atoms. The number of furan rings is 1. The monoisotopic (exact) mass is 378 g/mol. The summed E-state index contributed by atoms with van der Waals surface area (Å²) in [5.74, 6) is -2.21. The molecule has 0 aromatic carbocycles. The van der Waals surface area contributed by atoms with Crippen molar-refractivity contribution in [2.45, 2.75) is 57.9 Å². The normalized spacial score (nSPS) is 14.4. The van der Waals surface area contributed by atoms with Crippen molar-refractivity contribution in [1.29, 1.82) is 0 Å². The van der Waals surface area contributed by atoms with Crippen molar-refractivity contribution < 1.29 is 28.3 Å². The van der Waals surface area contributed by atoms with Crippen molar-refractivity contribution in [3.8, 4) is 0 Å². The third-order valence-electron chi connectivity index (χ3n) is 4.60. The number of rotatable bonds is 8. The van der Waals surface area contributed by atoms with E-state index in [2.05, 4.69) is 15.4 Å². The van der Waals surface area contributed by atoms with Gasteiger partial charge in [-0.2, -0.15) is 0 Å². The number of esters is 1. The van der Waals surface area contributed by atoms with Gasteiger partial charge in [0, 0.05) is 25.9 Å². The van der Waals surface area contributed by atoms with Gasteiger partial charge in [0.25, 0.3) is 11.7 Å². The molecule has 0 atom stereocenters. The van der Waals surface area contributed by atoms with Crippen LogP contribution in [0.15, 0.2) is 10.7 Å². The van der Waals surface area contributed by atoms with Gasteiger partial charge in [-0.1, -0.05) is 19.3 Å². The molecule has 1 aromatic heterocycles. The molecule has 1 heterocycles. The van der Waals surface area contributed by atoms with E-state index in [1.54, 1.807) is 0 Å². The second-order valence-corrected chi connectivity index (χ2v) is 6.66. The van der Waals surface area contributed by atoms with E-state index < -0.39 is 17.7 Å². The van der Waals surface area contributed by atoms with Gasteiger partial charge in [0.2, 0.25) is 5.91 Å². The second-order valence-electron chi connectivity index (χ2n) is 6.66. The van der Waals surface area contributed by atoms with Crippen molar-refractivity contribution in [2.24, 2.45) is 0 Å². The van der Waals surface area contributed by atoms with Crippen LogP contribution in [0.2, 0.25) is 0 Å². The zero-order valence-electron chi connectivity index (χ0n) is 15.8. The first-order valence-electron chi connectivity index (χ1n) is 9.22. The summed E-state index contributed by atoms with van der Waals surface area (Å²) >= 11 is 0. The second kappa shape index (κ2) is 9.89.